The zero-order chi connectivity index (χ0) is 16.6. The van der Waals surface area contributed by atoms with Crippen molar-refractivity contribution in [1.82, 2.24) is 10.6 Å². The van der Waals surface area contributed by atoms with Crippen molar-refractivity contribution in [2.45, 2.75) is 19.1 Å². The number of aliphatic carboxylic acids is 1. The van der Waals surface area contributed by atoms with Crippen molar-refractivity contribution in [3.8, 4) is 5.75 Å². The first kappa shape index (κ1) is 17.6. The number of carboxylic acids is 1. The summed E-state index contributed by atoms with van der Waals surface area (Å²) in [6.45, 7) is -1.52. The molecule has 3 N–H and O–H groups in total. The standard InChI is InChI=1S/C13H15F3N2O4/c14-13(15,16)8-22-10-4-2-1-3-9(10)7-18-12(21)17-6-5-11(19)20/h1-4H,5-8H2,(H,19,20)(H2,17,18,21). The fraction of sp³-hybridized carbons (Fsp3) is 0.385. The van der Waals surface area contributed by atoms with Crippen molar-refractivity contribution in [3.63, 3.8) is 0 Å². The van der Waals surface area contributed by atoms with Gasteiger partial charge in [0.25, 0.3) is 0 Å². The molecule has 0 unspecified atom stereocenters. The minimum Gasteiger partial charge on any atom is -0.484 e. The number of alkyl halides is 3. The number of halogens is 3. The largest absolute Gasteiger partial charge is 0.484 e. The average Bonchev–Trinajstić information content (AvgIpc) is 2.42. The van der Waals surface area contributed by atoms with Crippen LogP contribution in [0.5, 0.6) is 5.75 Å². The Bertz CT molecular complexity index is 520. The fourth-order valence-electron chi connectivity index (χ4n) is 1.47. The summed E-state index contributed by atoms with van der Waals surface area (Å²) in [7, 11) is 0. The number of ether oxygens (including phenoxy) is 1. The Balaban J connectivity index is 2.48. The number of carboxylic acid groups (broad SMARTS) is 1. The molecular formula is C13H15F3N2O4. The van der Waals surface area contributed by atoms with Crippen molar-refractivity contribution in [1.29, 1.82) is 0 Å². The molecule has 22 heavy (non-hydrogen) atoms. The zero-order valence-corrected chi connectivity index (χ0v) is 11.4. The maximum absolute atomic E-state index is 12.1. The molecule has 1 aromatic carbocycles. The second-order valence-electron chi connectivity index (χ2n) is 4.26. The number of rotatable bonds is 7. The molecule has 0 aromatic heterocycles. The molecule has 0 bridgehead atoms. The quantitative estimate of drug-likeness (QED) is 0.716. The maximum Gasteiger partial charge on any atom is 0.422 e. The van der Waals surface area contributed by atoms with Gasteiger partial charge in [0.1, 0.15) is 5.75 Å². The van der Waals surface area contributed by atoms with Crippen LogP contribution in [-0.4, -0.2) is 36.4 Å². The van der Waals surface area contributed by atoms with E-state index in [-0.39, 0.29) is 25.3 Å². The van der Waals surface area contributed by atoms with Gasteiger partial charge in [-0.2, -0.15) is 13.2 Å². The molecule has 0 fully saturated rings. The molecule has 0 aliphatic carbocycles. The summed E-state index contributed by atoms with van der Waals surface area (Å²) in [5, 5.41) is 13.1. The second-order valence-corrected chi connectivity index (χ2v) is 4.26. The van der Waals surface area contributed by atoms with Crippen LogP contribution in [0.15, 0.2) is 24.3 Å². The average molecular weight is 320 g/mol. The lowest BCUT2D eigenvalue weighted by Gasteiger charge is -2.13. The van der Waals surface area contributed by atoms with Gasteiger partial charge in [-0.05, 0) is 6.07 Å². The summed E-state index contributed by atoms with van der Waals surface area (Å²) in [5.74, 6) is -1.03. The van der Waals surface area contributed by atoms with E-state index in [1.807, 2.05) is 0 Å². The monoisotopic (exact) mass is 320 g/mol. The van der Waals surface area contributed by atoms with Crippen LogP contribution in [0.2, 0.25) is 0 Å². The molecule has 0 atom stereocenters. The van der Waals surface area contributed by atoms with E-state index >= 15 is 0 Å². The number of carbonyl (C=O) groups excluding carboxylic acids is 1. The first-order valence-electron chi connectivity index (χ1n) is 6.29. The lowest BCUT2D eigenvalue weighted by molar-refractivity contribution is -0.153. The summed E-state index contributed by atoms with van der Waals surface area (Å²) >= 11 is 0. The Hall–Kier alpha value is -2.45. The third-order valence-corrected chi connectivity index (χ3v) is 2.43. The Morgan fingerprint density at radius 1 is 1.18 bits per heavy atom. The Morgan fingerprint density at radius 2 is 1.86 bits per heavy atom. The normalized spacial score (nSPS) is 10.9. The van der Waals surface area contributed by atoms with Gasteiger partial charge in [0.05, 0.1) is 6.42 Å². The van der Waals surface area contributed by atoms with Gasteiger partial charge in [0.2, 0.25) is 0 Å². The van der Waals surface area contributed by atoms with Crippen molar-refractivity contribution in [2.24, 2.45) is 0 Å². The van der Waals surface area contributed by atoms with E-state index in [9.17, 15) is 22.8 Å². The molecule has 0 saturated carbocycles. The van der Waals surface area contributed by atoms with Crippen LogP contribution in [-0.2, 0) is 11.3 Å². The van der Waals surface area contributed by atoms with Gasteiger partial charge in [0, 0.05) is 18.7 Å². The number of benzene rings is 1. The molecule has 9 heteroatoms. The SMILES string of the molecule is O=C(O)CCNC(=O)NCc1ccccc1OCC(F)(F)F. The number of hydrogen-bond acceptors (Lipinski definition) is 3. The molecule has 122 valence electrons. The molecule has 0 radical (unpaired) electrons. The molecule has 6 nitrogen and oxygen atoms in total. The van der Waals surface area contributed by atoms with Crippen LogP contribution in [0.1, 0.15) is 12.0 Å². The van der Waals surface area contributed by atoms with Crippen LogP contribution in [0, 0.1) is 0 Å². The summed E-state index contributed by atoms with van der Waals surface area (Å²) < 4.78 is 41.1. The smallest absolute Gasteiger partial charge is 0.422 e. The molecule has 0 spiro atoms. The highest BCUT2D eigenvalue weighted by atomic mass is 19.4. The molecule has 0 aliphatic rings. The lowest BCUT2D eigenvalue weighted by Crippen LogP contribution is -2.36. The Kier molecular flexibility index (Phi) is 6.48. The summed E-state index contributed by atoms with van der Waals surface area (Å²) in [4.78, 5) is 21.7. The molecule has 2 amide bonds. The summed E-state index contributed by atoms with van der Waals surface area (Å²) in [6, 6.07) is 5.38. The highest BCUT2D eigenvalue weighted by molar-refractivity contribution is 5.75. The third-order valence-electron chi connectivity index (χ3n) is 2.43. The van der Waals surface area contributed by atoms with Crippen LogP contribution >= 0.6 is 0 Å². The van der Waals surface area contributed by atoms with E-state index in [2.05, 4.69) is 15.4 Å². The molecule has 1 aromatic rings. The summed E-state index contributed by atoms with van der Waals surface area (Å²) in [5.41, 5.74) is 0.375. The first-order valence-corrected chi connectivity index (χ1v) is 6.29. The van der Waals surface area contributed by atoms with Crippen LogP contribution in [0.3, 0.4) is 0 Å². The molecule has 0 aliphatic heterocycles. The predicted molar refractivity (Wildman–Crippen MR) is 70.5 cm³/mol. The van der Waals surface area contributed by atoms with Gasteiger partial charge in [-0.15, -0.1) is 0 Å². The number of hydrogen-bond donors (Lipinski definition) is 3. The van der Waals surface area contributed by atoms with E-state index in [1.165, 1.54) is 18.2 Å². The van der Waals surface area contributed by atoms with E-state index in [0.29, 0.717) is 5.56 Å². The minimum atomic E-state index is -4.45. The number of para-hydroxylation sites is 1. The summed E-state index contributed by atoms with van der Waals surface area (Å²) in [6.07, 6.45) is -4.67. The van der Waals surface area contributed by atoms with E-state index < -0.39 is 24.8 Å². The van der Waals surface area contributed by atoms with E-state index in [4.69, 9.17) is 5.11 Å². The predicted octanol–water partition coefficient (Wildman–Crippen LogP) is 1.90. The number of nitrogens with one attached hydrogen (secondary N) is 2. The highest BCUT2D eigenvalue weighted by Gasteiger charge is 2.28. The van der Waals surface area contributed by atoms with Crippen molar-refractivity contribution in [3.05, 3.63) is 29.8 Å². The number of carbonyl (C=O) groups is 2. The van der Waals surface area contributed by atoms with Gasteiger partial charge in [-0.1, -0.05) is 18.2 Å². The minimum absolute atomic E-state index is 0.0191. The maximum atomic E-state index is 12.1. The highest BCUT2D eigenvalue weighted by Crippen LogP contribution is 2.21. The van der Waals surface area contributed by atoms with Gasteiger partial charge < -0.3 is 20.5 Å². The third kappa shape index (κ3) is 7.36. The van der Waals surface area contributed by atoms with E-state index in [1.54, 1.807) is 6.07 Å². The molecule has 0 saturated heterocycles. The van der Waals surface area contributed by atoms with Gasteiger partial charge in [-0.3, -0.25) is 4.79 Å². The lowest BCUT2D eigenvalue weighted by atomic mass is 10.2. The van der Waals surface area contributed by atoms with Crippen molar-refractivity contribution in [2.75, 3.05) is 13.2 Å². The second kappa shape index (κ2) is 8.11. The van der Waals surface area contributed by atoms with E-state index in [0.717, 1.165) is 0 Å². The van der Waals surface area contributed by atoms with Gasteiger partial charge in [-0.25, -0.2) is 4.79 Å². The molecule has 1 rings (SSSR count). The molecular weight excluding hydrogens is 305 g/mol. The van der Waals surface area contributed by atoms with Gasteiger partial charge in [0.15, 0.2) is 6.61 Å². The fourth-order valence-corrected chi connectivity index (χ4v) is 1.47. The van der Waals surface area contributed by atoms with Gasteiger partial charge >= 0.3 is 18.2 Å². The zero-order valence-electron chi connectivity index (χ0n) is 11.4. The number of amides is 2. The Morgan fingerprint density at radius 3 is 2.50 bits per heavy atom. The number of urea groups is 1. The topological polar surface area (TPSA) is 87.7 Å². The Labute approximate surface area is 124 Å². The molecule has 0 heterocycles. The van der Waals surface area contributed by atoms with Crippen molar-refractivity contribution < 1.29 is 32.6 Å². The first-order chi connectivity index (χ1) is 10.3. The van der Waals surface area contributed by atoms with Crippen LogP contribution in [0.25, 0.3) is 0 Å². The van der Waals surface area contributed by atoms with Crippen LogP contribution < -0.4 is 15.4 Å². The van der Waals surface area contributed by atoms with Crippen LogP contribution in [0.4, 0.5) is 18.0 Å². The van der Waals surface area contributed by atoms with Crippen molar-refractivity contribution >= 4 is 12.0 Å².